The standard InChI is InChI=1S/C23H16BrCl3F6N2O2/c1-10(20(36)35-11(2)22(28,29)30)34-21(37)14-5-3-12(7-16(14)24)4-6-15(23(31,32)33)13-8-17(25)19(27)18(26)9-13/h3-9,11,15H,1H2,2H3,(H,34,37)(H,35,36). The van der Waals surface area contributed by atoms with Crippen molar-refractivity contribution in [2.75, 3.05) is 0 Å². The lowest BCUT2D eigenvalue weighted by molar-refractivity contribution is -0.156. The van der Waals surface area contributed by atoms with Crippen LogP contribution in [0.2, 0.25) is 15.1 Å². The number of alkyl halides is 6. The normalized spacial score (nSPS) is 13.8. The summed E-state index contributed by atoms with van der Waals surface area (Å²) in [4.78, 5) is 24.3. The Balaban J connectivity index is 2.21. The summed E-state index contributed by atoms with van der Waals surface area (Å²) in [5.41, 5.74) is -0.668. The van der Waals surface area contributed by atoms with E-state index in [0.29, 0.717) is 0 Å². The van der Waals surface area contributed by atoms with Crippen LogP contribution >= 0.6 is 50.7 Å². The number of hydrogen-bond donors (Lipinski definition) is 2. The molecule has 2 aromatic carbocycles. The van der Waals surface area contributed by atoms with Gasteiger partial charge < -0.3 is 10.6 Å². The molecule has 4 nitrogen and oxygen atoms in total. The molecule has 37 heavy (non-hydrogen) atoms. The molecule has 200 valence electrons. The smallest absolute Gasteiger partial charge is 0.339 e. The first-order valence-electron chi connectivity index (χ1n) is 9.98. The maximum Gasteiger partial charge on any atom is 0.408 e. The number of halogens is 10. The molecule has 14 heteroatoms. The highest BCUT2D eigenvalue weighted by Crippen LogP contribution is 2.41. The van der Waals surface area contributed by atoms with Gasteiger partial charge in [0.15, 0.2) is 0 Å². The predicted octanol–water partition coefficient (Wildman–Crippen LogP) is 8.08. The Morgan fingerprint density at radius 1 is 1.00 bits per heavy atom. The van der Waals surface area contributed by atoms with Gasteiger partial charge in [-0.15, -0.1) is 0 Å². The molecule has 0 bridgehead atoms. The van der Waals surface area contributed by atoms with Gasteiger partial charge in [-0.1, -0.05) is 59.6 Å². The van der Waals surface area contributed by atoms with Gasteiger partial charge in [0, 0.05) is 4.47 Å². The minimum atomic E-state index is -4.70. The maximum absolute atomic E-state index is 13.7. The fourth-order valence-corrected chi connectivity index (χ4v) is 4.01. The molecule has 2 unspecified atom stereocenters. The molecular weight excluding hydrogens is 637 g/mol. The highest BCUT2D eigenvalue weighted by molar-refractivity contribution is 9.10. The van der Waals surface area contributed by atoms with E-state index in [-0.39, 0.29) is 36.2 Å². The van der Waals surface area contributed by atoms with E-state index in [1.807, 2.05) is 0 Å². The number of allylic oxidation sites excluding steroid dienone is 1. The monoisotopic (exact) mass is 650 g/mol. The highest BCUT2D eigenvalue weighted by Gasteiger charge is 2.39. The summed E-state index contributed by atoms with van der Waals surface area (Å²) in [5.74, 6) is -4.21. The molecule has 2 atom stereocenters. The van der Waals surface area contributed by atoms with Gasteiger partial charge in [-0.05, 0) is 58.2 Å². The largest absolute Gasteiger partial charge is 0.408 e. The molecule has 2 amide bonds. The topological polar surface area (TPSA) is 58.2 Å². The van der Waals surface area contributed by atoms with E-state index in [2.05, 4.69) is 27.8 Å². The number of amides is 2. The number of carbonyl (C=O) groups is 2. The Bertz CT molecular complexity index is 1220. The SMILES string of the molecule is C=C(NC(=O)c1ccc(C=CC(c2cc(Cl)c(Cl)c(Cl)c2)C(F)(F)F)cc1Br)C(=O)NC(C)C(F)(F)F. The molecule has 2 rings (SSSR count). The van der Waals surface area contributed by atoms with Gasteiger partial charge in [-0.3, -0.25) is 9.59 Å². The Hall–Kier alpha value is -2.21. The third kappa shape index (κ3) is 8.39. The summed E-state index contributed by atoms with van der Waals surface area (Å²) < 4.78 is 79.1. The van der Waals surface area contributed by atoms with E-state index >= 15 is 0 Å². The number of carbonyl (C=O) groups excluding carboxylic acids is 2. The summed E-state index contributed by atoms with van der Waals surface area (Å²) in [5, 5.41) is 3.35. The van der Waals surface area contributed by atoms with Gasteiger partial charge >= 0.3 is 12.4 Å². The van der Waals surface area contributed by atoms with E-state index in [4.69, 9.17) is 34.8 Å². The molecule has 2 N–H and O–H groups in total. The molecule has 0 spiro atoms. The Morgan fingerprint density at radius 3 is 2.05 bits per heavy atom. The molecule has 0 fully saturated rings. The lowest BCUT2D eigenvalue weighted by atomic mass is 9.97. The van der Waals surface area contributed by atoms with Crippen LogP contribution in [0.1, 0.15) is 34.3 Å². The zero-order chi connectivity index (χ0) is 28.3. The molecule has 0 aliphatic carbocycles. The van der Waals surface area contributed by atoms with Crippen molar-refractivity contribution in [2.45, 2.75) is 31.2 Å². The van der Waals surface area contributed by atoms with Crippen molar-refractivity contribution < 1.29 is 35.9 Å². The quantitative estimate of drug-likeness (QED) is 0.181. The van der Waals surface area contributed by atoms with E-state index in [0.717, 1.165) is 31.2 Å². The fraction of sp³-hybridized carbons (Fsp3) is 0.217. The van der Waals surface area contributed by atoms with Crippen molar-refractivity contribution >= 4 is 68.6 Å². The third-order valence-corrected chi connectivity index (χ3v) is 6.67. The summed E-state index contributed by atoms with van der Waals surface area (Å²) >= 11 is 20.7. The van der Waals surface area contributed by atoms with Crippen molar-refractivity contribution in [1.82, 2.24) is 10.6 Å². The van der Waals surface area contributed by atoms with E-state index < -0.39 is 41.8 Å². The van der Waals surface area contributed by atoms with Crippen LogP contribution in [0.25, 0.3) is 6.08 Å². The minimum Gasteiger partial charge on any atom is -0.339 e. The third-order valence-electron chi connectivity index (χ3n) is 4.81. The second-order valence-corrected chi connectivity index (χ2v) is 9.63. The number of benzene rings is 2. The van der Waals surface area contributed by atoms with Crippen LogP contribution in [0.5, 0.6) is 0 Å². The molecule has 0 heterocycles. The maximum atomic E-state index is 13.7. The zero-order valence-electron chi connectivity index (χ0n) is 18.5. The fourth-order valence-electron chi connectivity index (χ4n) is 2.82. The van der Waals surface area contributed by atoms with Crippen molar-refractivity contribution in [2.24, 2.45) is 0 Å². The van der Waals surface area contributed by atoms with Crippen LogP contribution in [-0.2, 0) is 4.79 Å². The average molecular weight is 653 g/mol. The summed E-state index contributed by atoms with van der Waals surface area (Å²) in [6.07, 6.45) is -7.36. The number of rotatable bonds is 7. The zero-order valence-corrected chi connectivity index (χ0v) is 22.4. The number of nitrogens with one attached hydrogen (secondary N) is 2. The first-order chi connectivity index (χ1) is 16.9. The predicted molar refractivity (Wildman–Crippen MR) is 134 cm³/mol. The summed E-state index contributed by atoms with van der Waals surface area (Å²) in [6.45, 7) is 3.97. The van der Waals surface area contributed by atoms with Crippen LogP contribution < -0.4 is 10.6 Å². The molecule has 0 saturated carbocycles. The van der Waals surface area contributed by atoms with Crippen molar-refractivity contribution in [3.8, 4) is 0 Å². The molecule has 0 aromatic heterocycles. The Morgan fingerprint density at radius 2 is 1.57 bits per heavy atom. The van der Waals surface area contributed by atoms with E-state index in [9.17, 15) is 35.9 Å². The highest BCUT2D eigenvalue weighted by atomic mass is 79.9. The van der Waals surface area contributed by atoms with E-state index in [1.54, 1.807) is 5.32 Å². The van der Waals surface area contributed by atoms with Gasteiger partial charge in [0.25, 0.3) is 11.8 Å². The Labute approximate surface area is 230 Å². The second-order valence-electron chi connectivity index (χ2n) is 7.59. The molecule has 0 saturated heterocycles. The van der Waals surface area contributed by atoms with Gasteiger partial charge in [0.2, 0.25) is 0 Å². The van der Waals surface area contributed by atoms with E-state index in [1.165, 1.54) is 18.2 Å². The molecular formula is C23H16BrCl3F6N2O2. The van der Waals surface area contributed by atoms with Gasteiger partial charge in [-0.2, -0.15) is 26.3 Å². The average Bonchev–Trinajstić information content (AvgIpc) is 2.75. The molecule has 0 aliphatic heterocycles. The van der Waals surface area contributed by atoms with Gasteiger partial charge in [0.05, 0.1) is 32.2 Å². The first-order valence-corrected chi connectivity index (χ1v) is 11.9. The minimum absolute atomic E-state index is 0.0568. The summed E-state index contributed by atoms with van der Waals surface area (Å²) in [6, 6.07) is 3.82. The number of hydrogen-bond acceptors (Lipinski definition) is 2. The molecule has 2 aromatic rings. The van der Waals surface area contributed by atoms with Crippen LogP contribution in [-0.4, -0.2) is 30.2 Å². The van der Waals surface area contributed by atoms with Crippen LogP contribution in [0, 0.1) is 0 Å². The summed E-state index contributed by atoms with van der Waals surface area (Å²) in [7, 11) is 0. The van der Waals surface area contributed by atoms with Crippen molar-refractivity contribution in [3.63, 3.8) is 0 Å². The molecule has 0 aliphatic rings. The van der Waals surface area contributed by atoms with Crippen LogP contribution in [0.15, 0.2) is 53.2 Å². The second kappa shape index (κ2) is 12.1. The van der Waals surface area contributed by atoms with Crippen LogP contribution in [0.4, 0.5) is 26.3 Å². The lowest BCUT2D eigenvalue weighted by Crippen LogP contribution is -2.45. The van der Waals surface area contributed by atoms with Crippen LogP contribution in [0.3, 0.4) is 0 Å². The molecule has 0 radical (unpaired) electrons. The van der Waals surface area contributed by atoms with Gasteiger partial charge in [-0.25, -0.2) is 0 Å². The van der Waals surface area contributed by atoms with Gasteiger partial charge in [0.1, 0.15) is 6.04 Å². The lowest BCUT2D eigenvalue weighted by Gasteiger charge is -2.18. The van der Waals surface area contributed by atoms with Crippen molar-refractivity contribution in [3.05, 3.63) is 84.9 Å². The Kier molecular flexibility index (Phi) is 10.1. The first kappa shape index (κ1) is 31.0. The van der Waals surface area contributed by atoms with Crippen molar-refractivity contribution in [1.29, 1.82) is 0 Å².